The number of alkyl halides is 3. The Balaban J connectivity index is 1.59. The molecular weight excluding hydrogens is 321 g/mol. The Hall–Kier alpha value is -1.76. The maximum atomic E-state index is 12.5. The lowest BCUT2D eigenvalue weighted by atomic mass is 9.65. The van der Waals surface area contributed by atoms with Gasteiger partial charge in [-0.25, -0.2) is 0 Å². The van der Waals surface area contributed by atoms with Crippen molar-refractivity contribution in [3.8, 4) is 5.75 Å². The maximum Gasteiger partial charge on any atom is 0.573 e. The summed E-state index contributed by atoms with van der Waals surface area (Å²) in [5.41, 5.74) is 6.70. The van der Waals surface area contributed by atoms with Crippen molar-refractivity contribution in [2.45, 2.75) is 44.5 Å². The summed E-state index contributed by atoms with van der Waals surface area (Å²) in [6, 6.07) is 5.40. The van der Waals surface area contributed by atoms with E-state index in [9.17, 15) is 18.0 Å². The molecule has 24 heavy (non-hydrogen) atoms. The van der Waals surface area contributed by atoms with E-state index in [1.54, 1.807) is 0 Å². The van der Waals surface area contributed by atoms with Gasteiger partial charge in [-0.1, -0.05) is 6.42 Å². The molecule has 1 aromatic rings. The molecule has 2 atom stereocenters. The van der Waals surface area contributed by atoms with Gasteiger partial charge in [0.25, 0.3) is 0 Å². The summed E-state index contributed by atoms with van der Waals surface area (Å²) in [6.07, 6.45) is 0.189. The molecule has 1 amide bonds. The summed E-state index contributed by atoms with van der Waals surface area (Å²) in [7, 11) is 0. The number of carbonyl (C=O) groups is 1. The molecule has 0 radical (unpaired) electrons. The number of amides is 1. The predicted octanol–water partition coefficient (Wildman–Crippen LogP) is 3.68. The van der Waals surface area contributed by atoms with E-state index in [1.807, 2.05) is 0 Å². The molecule has 2 aliphatic carbocycles. The van der Waals surface area contributed by atoms with Crippen LogP contribution in [0.25, 0.3) is 0 Å². The van der Waals surface area contributed by atoms with Crippen LogP contribution in [0, 0.1) is 17.8 Å². The Morgan fingerprint density at radius 2 is 1.71 bits per heavy atom. The fourth-order valence-corrected chi connectivity index (χ4v) is 3.99. The molecular formula is C17H21F3N2O2. The van der Waals surface area contributed by atoms with Crippen LogP contribution >= 0.6 is 0 Å². The van der Waals surface area contributed by atoms with Crippen molar-refractivity contribution in [2.75, 3.05) is 5.32 Å². The van der Waals surface area contributed by atoms with Crippen LogP contribution < -0.4 is 15.8 Å². The van der Waals surface area contributed by atoms with Gasteiger partial charge in [0.15, 0.2) is 0 Å². The average Bonchev–Trinajstić information content (AvgIpc) is 2.47. The molecule has 0 spiro atoms. The molecule has 7 heteroatoms. The zero-order valence-electron chi connectivity index (χ0n) is 13.2. The van der Waals surface area contributed by atoms with Gasteiger partial charge in [-0.2, -0.15) is 0 Å². The Labute approximate surface area is 138 Å². The second-order valence-corrected chi connectivity index (χ2v) is 6.76. The molecule has 0 saturated heterocycles. The number of benzene rings is 1. The lowest BCUT2D eigenvalue weighted by molar-refractivity contribution is -0.274. The van der Waals surface area contributed by atoms with E-state index in [-0.39, 0.29) is 23.6 Å². The van der Waals surface area contributed by atoms with Gasteiger partial charge < -0.3 is 15.8 Å². The molecule has 2 bridgehead atoms. The molecule has 132 valence electrons. The van der Waals surface area contributed by atoms with E-state index in [0.29, 0.717) is 17.5 Å². The highest BCUT2D eigenvalue weighted by atomic mass is 19.4. The van der Waals surface area contributed by atoms with Crippen molar-refractivity contribution < 1.29 is 22.7 Å². The zero-order valence-corrected chi connectivity index (χ0v) is 13.2. The number of halogens is 3. The van der Waals surface area contributed by atoms with E-state index in [0.717, 1.165) is 25.7 Å². The van der Waals surface area contributed by atoms with Crippen LogP contribution in [0.3, 0.4) is 0 Å². The van der Waals surface area contributed by atoms with E-state index in [2.05, 4.69) is 10.1 Å². The second-order valence-electron chi connectivity index (χ2n) is 6.76. The fourth-order valence-electron chi connectivity index (χ4n) is 3.99. The molecule has 4 nitrogen and oxygen atoms in total. The SMILES string of the molecule is NC1C2CCCC1CC(C(=O)Nc1ccc(OC(F)(F)F)cc1)C2. The molecule has 2 saturated carbocycles. The molecule has 2 aliphatic rings. The number of fused-ring (bicyclic) bond motifs is 2. The summed E-state index contributed by atoms with van der Waals surface area (Å²) in [6.45, 7) is 0. The van der Waals surface area contributed by atoms with Gasteiger partial charge in [-0.3, -0.25) is 4.79 Å². The monoisotopic (exact) mass is 342 g/mol. The van der Waals surface area contributed by atoms with Crippen LogP contribution in [0.15, 0.2) is 24.3 Å². The fraction of sp³-hybridized carbons (Fsp3) is 0.588. The van der Waals surface area contributed by atoms with Crippen LogP contribution in [0.1, 0.15) is 32.1 Å². The van der Waals surface area contributed by atoms with Gasteiger partial charge in [-0.05, 0) is 61.8 Å². The number of rotatable bonds is 3. The van der Waals surface area contributed by atoms with Gasteiger partial charge in [0.05, 0.1) is 0 Å². The smallest absolute Gasteiger partial charge is 0.406 e. The van der Waals surface area contributed by atoms with Crippen LogP contribution in [-0.2, 0) is 4.79 Å². The van der Waals surface area contributed by atoms with Gasteiger partial charge in [-0.15, -0.1) is 13.2 Å². The number of ether oxygens (including phenoxy) is 1. The van der Waals surface area contributed by atoms with Crippen LogP contribution in [0.2, 0.25) is 0 Å². The van der Waals surface area contributed by atoms with E-state index in [4.69, 9.17) is 5.73 Å². The summed E-state index contributed by atoms with van der Waals surface area (Å²) >= 11 is 0. The highest BCUT2D eigenvalue weighted by molar-refractivity contribution is 5.92. The van der Waals surface area contributed by atoms with Gasteiger partial charge in [0.2, 0.25) is 5.91 Å². The highest BCUT2D eigenvalue weighted by Crippen LogP contribution is 2.42. The molecule has 3 N–H and O–H groups in total. The molecule has 0 aliphatic heterocycles. The van der Waals surface area contributed by atoms with E-state index in [1.165, 1.54) is 30.7 Å². The summed E-state index contributed by atoms with van der Waals surface area (Å²) < 4.78 is 40.2. The summed E-state index contributed by atoms with van der Waals surface area (Å²) in [5.74, 6) is 0.333. The number of hydrogen-bond acceptors (Lipinski definition) is 3. The standard InChI is InChI=1S/C17H21F3N2O2/c18-17(19,20)24-14-6-4-13(5-7-14)22-16(23)12-8-10-2-1-3-11(9-12)15(10)21/h4-7,10-12,15H,1-3,8-9,21H2,(H,22,23). The minimum absolute atomic E-state index is 0.0776. The first-order valence-corrected chi connectivity index (χ1v) is 8.24. The first-order valence-electron chi connectivity index (χ1n) is 8.24. The number of carbonyl (C=O) groups excluding carboxylic acids is 1. The lowest BCUT2D eigenvalue weighted by Crippen LogP contribution is -2.48. The predicted molar refractivity (Wildman–Crippen MR) is 83.3 cm³/mol. The number of hydrogen-bond donors (Lipinski definition) is 2. The second kappa shape index (κ2) is 6.63. The molecule has 2 fully saturated rings. The van der Waals surface area contributed by atoms with Crippen LogP contribution in [0.4, 0.5) is 18.9 Å². The van der Waals surface area contributed by atoms with Crippen molar-refractivity contribution in [1.29, 1.82) is 0 Å². The van der Waals surface area contributed by atoms with E-state index >= 15 is 0 Å². The summed E-state index contributed by atoms with van der Waals surface area (Å²) in [5, 5.41) is 2.79. The topological polar surface area (TPSA) is 64.4 Å². The third-order valence-electron chi connectivity index (χ3n) is 5.14. The van der Waals surface area contributed by atoms with Crippen LogP contribution in [-0.4, -0.2) is 18.3 Å². The number of nitrogens with one attached hydrogen (secondary N) is 1. The molecule has 3 rings (SSSR count). The molecule has 1 aromatic carbocycles. The Bertz CT molecular complexity index is 574. The zero-order chi connectivity index (χ0) is 17.3. The average molecular weight is 342 g/mol. The molecule has 0 aromatic heterocycles. The van der Waals surface area contributed by atoms with Gasteiger partial charge >= 0.3 is 6.36 Å². The molecule has 2 unspecified atom stereocenters. The van der Waals surface area contributed by atoms with Crippen molar-refractivity contribution in [3.05, 3.63) is 24.3 Å². The summed E-state index contributed by atoms with van der Waals surface area (Å²) in [4.78, 5) is 12.5. The quantitative estimate of drug-likeness (QED) is 0.881. The highest BCUT2D eigenvalue weighted by Gasteiger charge is 2.40. The third kappa shape index (κ3) is 4.01. The third-order valence-corrected chi connectivity index (χ3v) is 5.14. The van der Waals surface area contributed by atoms with Crippen molar-refractivity contribution in [1.82, 2.24) is 0 Å². The van der Waals surface area contributed by atoms with E-state index < -0.39 is 6.36 Å². The minimum Gasteiger partial charge on any atom is -0.406 e. The van der Waals surface area contributed by atoms with Gasteiger partial charge in [0, 0.05) is 17.6 Å². The maximum absolute atomic E-state index is 12.5. The Morgan fingerprint density at radius 3 is 2.25 bits per heavy atom. The Kier molecular flexibility index (Phi) is 4.71. The van der Waals surface area contributed by atoms with Crippen molar-refractivity contribution >= 4 is 11.6 Å². The first kappa shape index (κ1) is 17.1. The van der Waals surface area contributed by atoms with Crippen molar-refractivity contribution in [3.63, 3.8) is 0 Å². The first-order chi connectivity index (χ1) is 11.3. The molecule has 0 heterocycles. The van der Waals surface area contributed by atoms with Crippen LogP contribution in [0.5, 0.6) is 5.75 Å². The number of nitrogens with two attached hydrogens (primary N) is 1. The minimum atomic E-state index is -4.72. The number of anilines is 1. The van der Waals surface area contributed by atoms with Crippen molar-refractivity contribution in [2.24, 2.45) is 23.5 Å². The lowest BCUT2D eigenvalue weighted by Gasteiger charge is -2.43. The van der Waals surface area contributed by atoms with Gasteiger partial charge in [0.1, 0.15) is 5.75 Å². The normalized spacial score (nSPS) is 29.8. The largest absolute Gasteiger partial charge is 0.573 e. The Morgan fingerprint density at radius 1 is 1.12 bits per heavy atom.